The predicted molar refractivity (Wildman–Crippen MR) is 128 cm³/mol. The second-order valence-corrected chi connectivity index (χ2v) is 7.87. The lowest BCUT2D eigenvalue weighted by molar-refractivity contribution is 1.12. The molecule has 0 fully saturated rings. The van der Waals surface area contributed by atoms with E-state index in [1.165, 1.54) is 6.33 Å². The first-order valence-electron chi connectivity index (χ1n) is 9.83. The van der Waals surface area contributed by atoms with Gasteiger partial charge in [-0.2, -0.15) is 16.4 Å². The molecule has 0 bridgehead atoms. The maximum absolute atomic E-state index is 6.42. The number of fused-ring (bicyclic) bond motifs is 1. The lowest BCUT2D eigenvalue weighted by Crippen LogP contribution is -1.91. The highest BCUT2D eigenvalue weighted by Crippen LogP contribution is 2.35. The third-order valence-corrected chi connectivity index (χ3v) is 5.82. The molecule has 0 spiro atoms. The maximum Gasteiger partial charge on any atom is 0.116 e. The molecule has 4 N–H and O–H groups in total. The van der Waals surface area contributed by atoms with Crippen LogP contribution in [0.25, 0.3) is 39.0 Å². The Morgan fingerprint density at radius 1 is 1.10 bits per heavy atom. The van der Waals surface area contributed by atoms with E-state index in [0.717, 1.165) is 50.1 Å². The summed E-state index contributed by atoms with van der Waals surface area (Å²) in [6.45, 7) is 2.00. The van der Waals surface area contributed by atoms with Crippen LogP contribution in [0.1, 0.15) is 18.1 Å². The van der Waals surface area contributed by atoms with Gasteiger partial charge < -0.3 is 10.7 Å². The molecule has 0 aliphatic heterocycles. The molecule has 5 rings (SSSR count). The Balaban J connectivity index is 1.62. The molecule has 0 radical (unpaired) electrons. The first kappa shape index (κ1) is 19.0. The largest absolute Gasteiger partial charge is 0.385 e. The quantitative estimate of drug-likeness (QED) is 0.317. The standard InChI is InChI=1S/C24H20N6S/c1-2-3-4-18(16-7-8-31-13-16)19-10-22(28-24(19)25)23-20-9-15(5-6-21(20)29-30-23)17-11-26-14-27-12-17/h2-14,28H,25H2,1H3,(H,29,30)/b3-2?,18-4-. The Morgan fingerprint density at radius 3 is 2.74 bits per heavy atom. The van der Waals surface area contributed by atoms with Gasteiger partial charge in [0.25, 0.3) is 0 Å². The molecule has 4 aromatic heterocycles. The summed E-state index contributed by atoms with van der Waals surface area (Å²) < 4.78 is 0. The van der Waals surface area contributed by atoms with Crippen molar-refractivity contribution in [1.29, 1.82) is 0 Å². The molecule has 5 aromatic rings. The number of hydrogen-bond acceptors (Lipinski definition) is 5. The Labute approximate surface area is 183 Å². The number of benzene rings is 1. The zero-order valence-corrected chi connectivity index (χ0v) is 17.6. The second kappa shape index (κ2) is 8.04. The van der Waals surface area contributed by atoms with Crippen LogP contribution >= 0.6 is 11.3 Å². The molecule has 7 heteroatoms. The van der Waals surface area contributed by atoms with Crippen molar-refractivity contribution in [2.45, 2.75) is 6.92 Å². The number of rotatable bonds is 5. The van der Waals surface area contributed by atoms with E-state index < -0.39 is 0 Å². The van der Waals surface area contributed by atoms with E-state index >= 15 is 0 Å². The number of aromatic amines is 2. The van der Waals surface area contributed by atoms with Crippen LogP contribution in [0.5, 0.6) is 0 Å². The molecule has 4 heterocycles. The normalized spacial score (nSPS) is 12.2. The fourth-order valence-corrected chi connectivity index (χ4v) is 4.28. The Hall–Kier alpha value is -3.97. The van der Waals surface area contributed by atoms with E-state index in [1.54, 1.807) is 23.7 Å². The van der Waals surface area contributed by atoms with Gasteiger partial charge in [0.1, 0.15) is 17.8 Å². The highest BCUT2D eigenvalue weighted by molar-refractivity contribution is 7.08. The van der Waals surface area contributed by atoms with Gasteiger partial charge in [-0.05, 0) is 58.6 Å². The van der Waals surface area contributed by atoms with E-state index in [2.05, 4.69) is 60.2 Å². The zero-order chi connectivity index (χ0) is 21.2. The summed E-state index contributed by atoms with van der Waals surface area (Å²) in [5, 5.41) is 12.9. The molecule has 6 nitrogen and oxygen atoms in total. The van der Waals surface area contributed by atoms with Gasteiger partial charge in [-0.3, -0.25) is 5.10 Å². The number of nitrogens with two attached hydrogens (primary N) is 1. The highest BCUT2D eigenvalue weighted by Gasteiger charge is 2.17. The van der Waals surface area contributed by atoms with Crippen LogP contribution < -0.4 is 5.73 Å². The summed E-state index contributed by atoms with van der Waals surface area (Å²) in [7, 11) is 0. The van der Waals surface area contributed by atoms with E-state index in [4.69, 9.17) is 5.73 Å². The summed E-state index contributed by atoms with van der Waals surface area (Å²) in [4.78, 5) is 11.6. The Morgan fingerprint density at radius 2 is 1.97 bits per heavy atom. The number of thiophene rings is 1. The van der Waals surface area contributed by atoms with Crippen LogP contribution in [0.15, 0.2) is 78.0 Å². The molecule has 0 amide bonds. The summed E-state index contributed by atoms with van der Waals surface area (Å²) in [6, 6.07) is 10.3. The number of anilines is 1. The monoisotopic (exact) mass is 424 g/mol. The first-order valence-corrected chi connectivity index (χ1v) is 10.8. The van der Waals surface area contributed by atoms with Gasteiger partial charge >= 0.3 is 0 Å². The number of allylic oxidation sites excluding steroid dienone is 3. The lowest BCUT2D eigenvalue weighted by atomic mass is 10.0. The summed E-state index contributed by atoms with van der Waals surface area (Å²) in [6.07, 6.45) is 11.3. The lowest BCUT2D eigenvalue weighted by Gasteiger charge is -2.03. The van der Waals surface area contributed by atoms with Crippen molar-refractivity contribution >= 4 is 33.6 Å². The molecule has 1 aromatic carbocycles. The van der Waals surface area contributed by atoms with Crippen LogP contribution in [0.4, 0.5) is 5.82 Å². The molecule has 0 aliphatic rings. The van der Waals surface area contributed by atoms with Crippen molar-refractivity contribution in [3.8, 4) is 22.5 Å². The van der Waals surface area contributed by atoms with Crippen LogP contribution in [0.3, 0.4) is 0 Å². The number of nitrogens with zero attached hydrogens (tertiary/aromatic N) is 3. The molecule has 0 saturated heterocycles. The van der Waals surface area contributed by atoms with Crippen LogP contribution in [-0.4, -0.2) is 25.1 Å². The number of H-pyrrole nitrogens is 2. The van der Waals surface area contributed by atoms with Gasteiger partial charge in [-0.25, -0.2) is 9.97 Å². The zero-order valence-electron chi connectivity index (χ0n) is 16.8. The van der Waals surface area contributed by atoms with Gasteiger partial charge in [0.15, 0.2) is 0 Å². The van der Waals surface area contributed by atoms with Gasteiger partial charge in [0, 0.05) is 28.9 Å². The molecule has 0 aliphatic carbocycles. The minimum atomic E-state index is 0.612. The average molecular weight is 425 g/mol. The predicted octanol–water partition coefficient (Wildman–Crippen LogP) is 5.67. The Kier molecular flexibility index (Phi) is 4.93. The van der Waals surface area contributed by atoms with Gasteiger partial charge in [-0.1, -0.05) is 24.3 Å². The van der Waals surface area contributed by atoms with Crippen molar-refractivity contribution in [2.24, 2.45) is 0 Å². The smallest absolute Gasteiger partial charge is 0.116 e. The topological polar surface area (TPSA) is 96.3 Å². The summed E-state index contributed by atoms with van der Waals surface area (Å²) in [5.74, 6) is 0.612. The summed E-state index contributed by atoms with van der Waals surface area (Å²) in [5.41, 5.74) is 14.2. The molecule has 152 valence electrons. The molecule has 31 heavy (non-hydrogen) atoms. The minimum Gasteiger partial charge on any atom is -0.385 e. The molecule has 0 unspecified atom stereocenters. The van der Waals surface area contributed by atoms with Gasteiger partial charge in [0.05, 0.1) is 11.2 Å². The number of hydrogen-bond donors (Lipinski definition) is 3. The number of nitrogens with one attached hydrogen (secondary N) is 2. The van der Waals surface area contributed by atoms with Crippen molar-refractivity contribution in [3.63, 3.8) is 0 Å². The number of aromatic nitrogens is 5. The number of nitrogen functional groups attached to an aromatic ring is 1. The molecular weight excluding hydrogens is 404 g/mol. The van der Waals surface area contributed by atoms with E-state index in [-0.39, 0.29) is 0 Å². The molecular formula is C24H20N6S. The van der Waals surface area contributed by atoms with E-state index in [1.807, 2.05) is 31.2 Å². The van der Waals surface area contributed by atoms with Crippen LogP contribution in [0, 0.1) is 0 Å². The molecule has 0 atom stereocenters. The highest BCUT2D eigenvalue weighted by atomic mass is 32.1. The van der Waals surface area contributed by atoms with Crippen molar-refractivity contribution in [3.05, 3.63) is 89.2 Å². The van der Waals surface area contributed by atoms with Crippen LogP contribution in [-0.2, 0) is 0 Å². The fraction of sp³-hybridized carbons (Fsp3) is 0.0417. The average Bonchev–Trinajstić information content (AvgIpc) is 3.55. The van der Waals surface area contributed by atoms with Crippen molar-refractivity contribution in [2.75, 3.05) is 5.73 Å². The SMILES string of the molecule is CC=C/C=C(/c1ccsc1)c1cc(-c2n[nH]c3ccc(-c4cncnc4)cc23)[nH]c1N. The van der Waals surface area contributed by atoms with Crippen molar-refractivity contribution in [1.82, 2.24) is 25.1 Å². The fourth-order valence-electron chi connectivity index (χ4n) is 3.62. The first-order chi connectivity index (χ1) is 15.2. The third-order valence-electron chi connectivity index (χ3n) is 5.14. The third kappa shape index (κ3) is 3.55. The Bertz CT molecular complexity index is 1390. The van der Waals surface area contributed by atoms with Crippen molar-refractivity contribution < 1.29 is 0 Å². The van der Waals surface area contributed by atoms with Crippen LogP contribution in [0.2, 0.25) is 0 Å². The second-order valence-electron chi connectivity index (χ2n) is 7.09. The van der Waals surface area contributed by atoms with E-state index in [0.29, 0.717) is 5.82 Å². The maximum atomic E-state index is 6.42. The minimum absolute atomic E-state index is 0.612. The van der Waals surface area contributed by atoms with Gasteiger partial charge in [0.2, 0.25) is 0 Å². The van der Waals surface area contributed by atoms with E-state index in [9.17, 15) is 0 Å². The summed E-state index contributed by atoms with van der Waals surface area (Å²) >= 11 is 1.66. The van der Waals surface area contributed by atoms with Gasteiger partial charge in [-0.15, -0.1) is 0 Å². The molecule has 0 saturated carbocycles.